The number of hydrogen-bond donors (Lipinski definition) is 1. The monoisotopic (exact) mass is 236 g/mol. The fourth-order valence-electron chi connectivity index (χ4n) is 2.20. The van der Waals surface area contributed by atoms with Crippen LogP contribution in [0.4, 0.5) is 0 Å². The second kappa shape index (κ2) is 4.65. The Morgan fingerprint density at radius 1 is 1.00 bits per heavy atom. The lowest BCUT2D eigenvalue weighted by Gasteiger charge is -1.96. The smallest absolute Gasteiger partial charge is 0.111 e. The topological polar surface area (TPSA) is 28.7 Å². The number of nitrogens with zero attached hydrogens (tertiary/aromatic N) is 1. The molecule has 3 rings (SSSR count). The van der Waals surface area contributed by atoms with Crippen LogP contribution >= 0.6 is 0 Å². The van der Waals surface area contributed by atoms with Crippen LogP contribution in [0.5, 0.6) is 0 Å². The molecule has 0 amide bonds. The van der Waals surface area contributed by atoms with Gasteiger partial charge in [0.25, 0.3) is 0 Å². The Morgan fingerprint density at radius 3 is 2.61 bits per heavy atom. The Labute approximate surface area is 107 Å². The Kier molecular flexibility index (Phi) is 2.85. The highest BCUT2D eigenvalue weighted by Crippen LogP contribution is 2.16. The van der Waals surface area contributed by atoms with Gasteiger partial charge in [-0.25, -0.2) is 4.98 Å². The highest BCUT2D eigenvalue weighted by molar-refractivity contribution is 5.75. The summed E-state index contributed by atoms with van der Waals surface area (Å²) in [7, 11) is 0. The molecule has 1 N–H and O–H groups in total. The lowest BCUT2D eigenvalue weighted by Crippen LogP contribution is -1.89. The van der Waals surface area contributed by atoms with E-state index in [1.54, 1.807) is 0 Å². The molecule has 0 aliphatic heterocycles. The van der Waals surface area contributed by atoms with Gasteiger partial charge in [-0.15, -0.1) is 0 Å². The van der Waals surface area contributed by atoms with E-state index in [0.717, 1.165) is 29.7 Å². The first kappa shape index (κ1) is 11.0. The fourth-order valence-corrected chi connectivity index (χ4v) is 2.20. The van der Waals surface area contributed by atoms with Crippen molar-refractivity contribution in [3.63, 3.8) is 0 Å². The minimum absolute atomic E-state index is 0.858. The third-order valence-electron chi connectivity index (χ3n) is 3.22. The number of aromatic nitrogens is 2. The summed E-state index contributed by atoms with van der Waals surface area (Å²) in [6.45, 7) is 2.17. The number of aryl methyl sites for hydroxylation is 1. The fraction of sp³-hybridized carbons (Fsp3) is 0.188. The van der Waals surface area contributed by atoms with Crippen molar-refractivity contribution < 1.29 is 0 Å². The molecule has 0 radical (unpaired) electrons. The summed E-state index contributed by atoms with van der Waals surface area (Å²) >= 11 is 0. The maximum atomic E-state index is 4.66. The Balaban J connectivity index is 1.94. The number of benzene rings is 2. The second-order valence-corrected chi connectivity index (χ2v) is 4.55. The van der Waals surface area contributed by atoms with E-state index >= 15 is 0 Å². The van der Waals surface area contributed by atoms with Gasteiger partial charge in [0.1, 0.15) is 5.82 Å². The first-order chi connectivity index (χ1) is 8.85. The van der Waals surface area contributed by atoms with Crippen LogP contribution in [0.25, 0.3) is 11.0 Å². The SMILES string of the molecule is CCc1ccc2[nH]c(Cc3ccccc3)nc2c1. The zero-order chi connectivity index (χ0) is 12.4. The molecule has 90 valence electrons. The molecule has 0 aliphatic rings. The van der Waals surface area contributed by atoms with E-state index < -0.39 is 0 Å². The second-order valence-electron chi connectivity index (χ2n) is 4.55. The van der Waals surface area contributed by atoms with Crippen molar-refractivity contribution in [1.82, 2.24) is 9.97 Å². The largest absolute Gasteiger partial charge is 0.342 e. The molecule has 3 aromatic rings. The predicted molar refractivity (Wildman–Crippen MR) is 74.7 cm³/mol. The van der Waals surface area contributed by atoms with E-state index in [1.165, 1.54) is 11.1 Å². The standard InChI is InChI=1S/C16H16N2/c1-2-12-8-9-14-15(10-12)18-16(17-14)11-13-6-4-3-5-7-13/h3-10H,2,11H2,1H3,(H,17,18). The van der Waals surface area contributed by atoms with Gasteiger partial charge in [-0.05, 0) is 29.7 Å². The molecule has 2 heteroatoms. The van der Waals surface area contributed by atoms with Crippen LogP contribution in [0.15, 0.2) is 48.5 Å². The zero-order valence-corrected chi connectivity index (χ0v) is 10.5. The molecule has 0 bridgehead atoms. The van der Waals surface area contributed by atoms with Crippen LogP contribution in [0, 0.1) is 0 Å². The predicted octanol–water partition coefficient (Wildman–Crippen LogP) is 3.72. The van der Waals surface area contributed by atoms with E-state index in [0.29, 0.717) is 0 Å². The summed E-state index contributed by atoms with van der Waals surface area (Å²) in [5.41, 5.74) is 4.81. The molecule has 0 spiro atoms. The number of H-pyrrole nitrogens is 1. The van der Waals surface area contributed by atoms with Gasteiger partial charge in [0, 0.05) is 6.42 Å². The summed E-state index contributed by atoms with van der Waals surface area (Å²) in [5.74, 6) is 1.03. The maximum Gasteiger partial charge on any atom is 0.111 e. The van der Waals surface area contributed by atoms with Crippen LogP contribution in [0.2, 0.25) is 0 Å². The minimum Gasteiger partial charge on any atom is -0.342 e. The molecule has 0 atom stereocenters. The number of imidazole rings is 1. The van der Waals surface area contributed by atoms with E-state index in [1.807, 2.05) is 6.07 Å². The van der Waals surface area contributed by atoms with E-state index in [2.05, 4.69) is 59.4 Å². The third-order valence-corrected chi connectivity index (χ3v) is 3.22. The first-order valence-corrected chi connectivity index (χ1v) is 6.36. The van der Waals surface area contributed by atoms with Gasteiger partial charge in [0.15, 0.2) is 0 Å². The van der Waals surface area contributed by atoms with Crippen molar-refractivity contribution in [3.05, 3.63) is 65.5 Å². The van der Waals surface area contributed by atoms with Crippen LogP contribution < -0.4 is 0 Å². The van der Waals surface area contributed by atoms with E-state index in [9.17, 15) is 0 Å². The summed E-state index contributed by atoms with van der Waals surface area (Å²) in [5, 5.41) is 0. The molecule has 0 saturated heterocycles. The van der Waals surface area contributed by atoms with Gasteiger partial charge >= 0.3 is 0 Å². The molecule has 0 saturated carbocycles. The molecule has 1 aromatic heterocycles. The van der Waals surface area contributed by atoms with E-state index in [4.69, 9.17) is 0 Å². The van der Waals surface area contributed by atoms with Gasteiger partial charge in [-0.1, -0.05) is 43.3 Å². The lowest BCUT2D eigenvalue weighted by molar-refractivity contribution is 1.04. The first-order valence-electron chi connectivity index (χ1n) is 6.36. The number of hydrogen-bond acceptors (Lipinski definition) is 1. The van der Waals surface area contributed by atoms with Crippen LogP contribution in [0.3, 0.4) is 0 Å². The Morgan fingerprint density at radius 2 is 1.83 bits per heavy atom. The van der Waals surface area contributed by atoms with Gasteiger partial charge in [0.2, 0.25) is 0 Å². The van der Waals surface area contributed by atoms with Crippen LogP contribution in [0.1, 0.15) is 23.9 Å². The van der Waals surface area contributed by atoms with Gasteiger partial charge in [-0.3, -0.25) is 0 Å². The molecular weight excluding hydrogens is 220 g/mol. The lowest BCUT2D eigenvalue weighted by atomic mass is 10.1. The van der Waals surface area contributed by atoms with Gasteiger partial charge in [0.05, 0.1) is 11.0 Å². The van der Waals surface area contributed by atoms with Crippen LogP contribution in [-0.2, 0) is 12.8 Å². The van der Waals surface area contributed by atoms with Crippen molar-refractivity contribution in [2.45, 2.75) is 19.8 Å². The van der Waals surface area contributed by atoms with Crippen molar-refractivity contribution in [1.29, 1.82) is 0 Å². The average molecular weight is 236 g/mol. The molecule has 0 aliphatic carbocycles. The Hall–Kier alpha value is -2.09. The molecule has 0 unspecified atom stereocenters. The summed E-state index contributed by atoms with van der Waals surface area (Å²) in [6, 6.07) is 16.9. The number of rotatable bonds is 3. The third kappa shape index (κ3) is 2.14. The highest BCUT2D eigenvalue weighted by atomic mass is 14.9. The maximum absolute atomic E-state index is 4.66. The molecular formula is C16H16N2. The summed E-state index contributed by atoms with van der Waals surface area (Å²) in [6.07, 6.45) is 1.91. The molecule has 18 heavy (non-hydrogen) atoms. The average Bonchev–Trinajstić information content (AvgIpc) is 2.80. The summed E-state index contributed by atoms with van der Waals surface area (Å²) in [4.78, 5) is 8.05. The van der Waals surface area contributed by atoms with Gasteiger partial charge in [-0.2, -0.15) is 0 Å². The molecule has 2 aromatic carbocycles. The highest BCUT2D eigenvalue weighted by Gasteiger charge is 2.04. The van der Waals surface area contributed by atoms with Gasteiger partial charge < -0.3 is 4.98 Å². The normalized spacial score (nSPS) is 10.9. The van der Waals surface area contributed by atoms with Crippen molar-refractivity contribution in [2.75, 3.05) is 0 Å². The van der Waals surface area contributed by atoms with Crippen LogP contribution in [-0.4, -0.2) is 9.97 Å². The van der Waals surface area contributed by atoms with Crippen molar-refractivity contribution in [3.8, 4) is 0 Å². The van der Waals surface area contributed by atoms with Crippen molar-refractivity contribution in [2.24, 2.45) is 0 Å². The summed E-state index contributed by atoms with van der Waals surface area (Å²) < 4.78 is 0. The zero-order valence-electron chi connectivity index (χ0n) is 10.5. The molecule has 0 fully saturated rings. The molecule has 2 nitrogen and oxygen atoms in total. The van der Waals surface area contributed by atoms with Crippen molar-refractivity contribution >= 4 is 11.0 Å². The number of fused-ring (bicyclic) bond motifs is 1. The number of aromatic amines is 1. The molecule has 1 heterocycles. The quantitative estimate of drug-likeness (QED) is 0.737. The Bertz CT molecular complexity index is 653. The number of nitrogens with one attached hydrogen (secondary N) is 1. The van der Waals surface area contributed by atoms with E-state index in [-0.39, 0.29) is 0 Å². The minimum atomic E-state index is 0.858.